The molecular weight excluding hydrogens is 991 g/mol. The molecule has 0 saturated heterocycles. The highest BCUT2D eigenvalue weighted by molar-refractivity contribution is 7.94. The fourth-order valence-electron chi connectivity index (χ4n) is 9.22. The zero-order chi connectivity index (χ0) is 51.0. The SMILES string of the molecule is COP(Oc1ccccc1-c1ccccc1)N(C1CCCC(C)(CN(P(Oc2ccccc2-c2ccccc2)Oc2ccccc2-c2ccccc2)S(=O)(=O)c2ccc(C)cc2)C1)S(=O)(=O)c1ccc(C)cc1. The molecule has 0 amide bonds. The number of nitrogens with zero attached hydrogens (tertiary/aromatic N) is 2. The van der Waals surface area contributed by atoms with Crippen LogP contribution in [0.25, 0.3) is 33.4 Å². The van der Waals surface area contributed by atoms with E-state index in [4.69, 9.17) is 18.1 Å². The van der Waals surface area contributed by atoms with Crippen LogP contribution in [0.4, 0.5) is 0 Å². The third-order valence-electron chi connectivity index (χ3n) is 13.0. The lowest BCUT2D eigenvalue weighted by Crippen LogP contribution is -2.47. The first-order valence-corrected chi connectivity index (χ1v) is 29.3. The second kappa shape index (κ2) is 22.9. The van der Waals surface area contributed by atoms with Crippen molar-refractivity contribution in [1.29, 1.82) is 0 Å². The number of sulfonamides is 2. The van der Waals surface area contributed by atoms with E-state index in [1.54, 1.807) is 48.5 Å². The number of hydrogen-bond donors (Lipinski definition) is 0. The molecule has 0 radical (unpaired) electrons. The molecule has 3 unspecified atom stereocenters. The van der Waals surface area contributed by atoms with E-state index in [-0.39, 0.29) is 22.8 Å². The number of aryl methyl sites for hydroxylation is 2. The first-order valence-electron chi connectivity index (χ1n) is 24.1. The highest BCUT2D eigenvalue weighted by atomic mass is 32.2. The van der Waals surface area contributed by atoms with Gasteiger partial charge in [-0.15, -0.1) is 8.15 Å². The summed E-state index contributed by atoms with van der Waals surface area (Å²) in [5.74, 6) is 1.33. The van der Waals surface area contributed by atoms with Gasteiger partial charge in [0.25, 0.3) is 20.0 Å². The van der Waals surface area contributed by atoms with Crippen molar-refractivity contribution in [2.45, 2.75) is 62.3 Å². The molecule has 1 fully saturated rings. The van der Waals surface area contributed by atoms with Gasteiger partial charge >= 0.3 is 17.1 Å². The lowest BCUT2D eigenvalue weighted by Gasteiger charge is -2.45. The van der Waals surface area contributed by atoms with Gasteiger partial charge in [0, 0.05) is 36.4 Å². The van der Waals surface area contributed by atoms with Gasteiger partial charge in [-0.2, -0.15) is 0 Å². The number of benzene rings is 8. The predicted molar refractivity (Wildman–Crippen MR) is 294 cm³/mol. The van der Waals surface area contributed by atoms with Gasteiger partial charge in [-0.1, -0.05) is 194 Å². The topological polar surface area (TPSA) is 112 Å². The standard InChI is InChI=1S/C59H58N2O8P2S2/c1-45-34-38-51(39-35-45)72(62,63)60(70(67-56-31-17-14-28-53(56)47-21-8-5-9-22-47)68-57-32-18-15-29-54(57)48-23-10-6-11-24-48)44-59(3)42-20-27-50(43-59)61(73(64,65)52-40-36-46(2)37-41-52)71(66-4)69-58-33-19-16-30-55(58)49-25-12-7-13-26-49/h5-19,21-26,28-41,50H,20,27,42-44H2,1-4H3. The molecule has 3 atom stereocenters. The van der Waals surface area contributed by atoms with E-state index in [2.05, 4.69) is 0 Å². The van der Waals surface area contributed by atoms with Gasteiger partial charge in [0.05, 0.1) is 9.79 Å². The zero-order valence-corrected chi connectivity index (χ0v) is 44.6. The van der Waals surface area contributed by atoms with Gasteiger partial charge in [0.2, 0.25) is 0 Å². The fourth-order valence-corrected chi connectivity index (χ4v) is 16.6. The molecule has 1 aliphatic carbocycles. The summed E-state index contributed by atoms with van der Waals surface area (Å²) in [7, 11) is -12.2. The maximum atomic E-state index is 15.7. The third kappa shape index (κ3) is 11.9. The van der Waals surface area contributed by atoms with Gasteiger partial charge in [-0.05, 0) is 97.7 Å². The molecule has 0 N–H and O–H groups in total. The average molecular weight is 1050 g/mol. The molecule has 8 aromatic rings. The van der Waals surface area contributed by atoms with Gasteiger partial charge in [-0.25, -0.2) is 16.8 Å². The summed E-state index contributed by atoms with van der Waals surface area (Å²) < 4.78 is 92.1. The number of para-hydroxylation sites is 3. The van der Waals surface area contributed by atoms with Crippen molar-refractivity contribution in [3.05, 3.63) is 223 Å². The minimum Gasteiger partial charge on any atom is -0.434 e. The van der Waals surface area contributed by atoms with E-state index < -0.39 is 48.6 Å². The summed E-state index contributed by atoms with van der Waals surface area (Å²) in [6.07, 6.45) is 1.84. The number of hydrogen-bond acceptors (Lipinski definition) is 8. The number of rotatable bonds is 19. The summed E-state index contributed by atoms with van der Waals surface area (Å²) in [6, 6.07) is 64.8. The van der Waals surface area contributed by atoms with Crippen molar-refractivity contribution in [3.8, 4) is 50.6 Å². The Hall–Kier alpha value is -6.20. The van der Waals surface area contributed by atoms with Crippen molar-refractivity contribution >= 4 is 37.1 Å². The largest absolute Gasteiger partial charge is 0.434 e. The van der Waals surface area contributed by atoms with Crippen molar-refractivity contribution in [3.63, 3.8) is 0 Å². The first-order chi connectivity index (χ1) is 35.3. The highest BCUT2D eigenvalue weighted by Gasteiger charge is 2.49. The minimum atomic E-state index is -4.42. The Balaban J connectivity index is 1.16. The summed E-state index contributed by atoms with van der Waals surface area (Å²) in [5.41, 5.74) is 5.90. The maximum Gasteiger partial charge on any atom is 0.399 e. The van der Waals surface area contributed by atoms with Crippen molar-refractivity contribution in [1.82, 2.24) is 8.15 Å². The highest BCUT2D eigenvalue weighted by Crippen LogP contribution is 2.56. The lowest BCUT2D eigenvalue weighted by molar-refractivity contribution is 0.140. The van der Waals surface area contributed by atoms with Crippen LogP contribution in [-0.4, -0.2) is 44.7 Å². The van der Waals surface area contributed by atoms with E-state index in [0.29, 0.717) is 36.5 Å². The van der Waals surface area contributed by atoms with Crippen LogP contribution in [0.5, 0.6) is 17.2 Å². The Morgan fingerprint density at radius 2 is 0.863 bits per heavy atom. The van der Waals surface area contributed by atoms with Crippen LogP contribution in [0, 0.1) is 19.3 Å². The Labute approximate surface area is 433 Å². The molecule has 9 rings (SSSR count). The summed E-state index contributed by atoms with van der Waals surface area (Å²) in [6.45, 7) is 5.75. The van der Waals surface area contributed by atoms with Gasteiger partial charge in [0.1, 0.15) is 17.2 Å². The average Bonchev–Trinajstić information content (AvgIpc) is 3.41. The molecule has 0 aromatic heterocycles. The zero-order valence-electron chi connectivity index (χ0n) is 41.2. The normalized spacial score (nSPS) is 16.6. The second-order valence-electron chi connectivity index (χ2n) is 18.5. The monoisotopic (exact) mass is 1050 g/mol. The Morgan fingerprint density at radius 1 is 0.493 bits per heavy atom. The van der Waals surface area contributed by atoms with Crippen LogP contribution in [-0.2, 0) is 24.6 Å². The van der Waals surface area contributed by atoms with E-state index in [0.717, 1.165) is 44.5 Å². The third-order valence-corrected chi connectivity index (χ3v) is 20.8. The smallest absolute Gasteiger partial charge is 0.399 e. The van der Waals surface area contributed by atoms with Crippen LogP contribution < -0.4 is 13.6 Å². The first kappa shape index (κ1) is 51.7. The molecule has 1 saturated carbocycles. The van der Waals surface area contributed by atoms with Crippen molar-refractivity contribution < 1.29 is 34.9 Å². The van der Waals surface area contributed by atoms with Crippen LogP contribution in [0.3, 0.4) is 0 Å². The maximum absolute atomic E-state index is 15.7. The molecule has 374 valence electrons. The Bertz CT molecular complexity index is 3250. The summed E-state index contributed by atoms with van der Waals surface area (Å²) in [4.78, 5) is 0.163. The van der Waals surface area contributed by atoms with E-state index in [9.17, 15) is 0 Å². The molecule has 10 nitrogen and oxygen atoms in total. The predicted octanol–water partition coefficient (Wildman–Crippen LogP) is 15.3. The summed E-state index contributed by atoms with van der Waals surface area (Å²) >= 11 is 0. The molecule has 1 aliphatic rings. The minimum absolute atomic E-state index is 0.0680. The van der Waals surface area contributed by atoms with Gasteiger partial charge < -0.3 is 18.1 Å². The molecule has 0 bridgehead atoms. The van der Waals surface area contributed by atoms with E-state index in [1.807, 2.05) is 185 Å². The molecule has 73 heavy (non-hydrogen) atoms. The molecule has 0 spiro atoms. The Morgan fingerprint density at radius 3 is 1.27 bits per heavy atom. The van der Waals surface area contributed by atoms with E-state index >= 15 is 16.8 Å². The Kier molecular flexibility index (Phi) is 16.2. The van der Waals surface area contributed by atoms with Crippen LogP contribution in [0.15, 0.2) is 222 Å². The van der Waals surface area contributed by atoms with Gasteiger partial charge in [-0.3, -0.25) is 0 Å². The summed E-state index contributed by atoms with van der Waals surface area (Å²) in [5, 5.41) is 0. The van der Waals surface area contributed by atoms with Crippen molar-refractivity contribution in [2.24, 2.45) is 5.41 Å². The molecule has 8 aromatic carbocycles. The second-order valence-corrected chi connectivity index (χ2v) is 25.5. The molecule has 0 aliphatic heterocycles. The lowest BCUT2D eigenvalue weighted by atomic mass is 9.74. The van der Waals surface area contributed by atoms with Crippen LogP contribution in [0.1, 0.15) is 43.7 Å². The fraction of sp³-hybridized carbons (Fsp3) is 0.186. The van der Waals surface area contributed by atoms with Gasteiger partial charge in [0.15, 0.2) is 0 Å². The van der Waals surface area contributed by atoms with Crippen LogP contribution in [0.2, 0.25) is 0 Å². The van der Waals surface area contributed by atoms with E-state index in [1.165, 1.54) is 15.3 Å². The molecular formula is C59H58N2O8P2S2. The molecule has 0 heterocycles. The van der Waals surface area contributed by atoms with Crippen LogP contribution >= 0.6 is 17.1 Å². The molecule has 14 heteroatoms. The quantitative estimate of drug-likeness (QED) is 0.0736. The van der Waals surface area contributed by atoms with Crippen molar-refractivity contribution in [2.75, 3.05) is 13.7 Å².